The number of unbranched alkanes of at least 4 members (excludes halogenated alkanes) is 2. The molecule has 1 aliphatic rings. The molecule has 1 fully saturated rings. The minimum atomic E-state index is -0.529. The smallest absolute Gasteiger partial charge is 0.292 e. The van der Waals surface area contributed by atoms with Crippen molar-refractivity contribution in [1.29, 1.82) is 0 Å². The van der Waals surface area contributed by atoms with Gasteiger partial charge in [0, 0.05) is 24.1 Å². The summed E-state index contributed by atoms with van der Waals surface area (Å²) in [6.45, 7) is 0.481. The van der Waals surface area contributed by atoms with Gasteiger partial charge in [0.25, 0.3) is 11.6 Å². The first-order valence-electron chi connectivity index (χ1n) is 9.89. The fourth-order valence-corrected chi connectivity index (χ4v) is 4.52. The van der Waals surface area contributed by atoms with Crippen molar-refractivity contribution in [3.63, 3.8) is 0 Å². The van der Waals surface area contributed by atoms with Crippen LogP contribution in [0.4, 0.5) is 11.4 Å². The van der Waals surface area contributed by atoms with Crippen LogP contribution in [0.1, 0.15) is 31.2 Å². The maximum absolute atomic E-state index is 12.7. The number of nitro groups is 1. The Bertz CT molecular complexity index is 1070. The second kappa shape index (κ2) is 11.2. The molecule has 1 aliphatic heterocycles. The number of amides is 2. The second-order valence-electron chi connectivity index (χ2n) is 7.02. The Morgan fingerprint density at radius 3 is 2.59 bits per heavy atom. The van der Waals surface area contributed by atoms with Crippen molar-refractivity contribution in [3.05, 3.63) is 74.1 Å². The number of hydrogen-bond acceptors (Lipinski definition) is 6. The van der Waals surface area contributed by atoms with E-state index in [0.29, 0.717) is 33.6 Å². The van der Waals surface area contributed by atoms with E-state index in [2.05, 4.69) is 5.32 Å². The molecular weight excluding hydrogens is 470 g/mol. The molecule has 1 saturated heterocycles. The fraction of sp³-hybridized carbons (Fsp3) is 0.227. The van der Waals surface area contributed by atoms with E-state index in [-0.39, 0.29) is 29.6 Å². The number of hydrogen-bond donors (Lipinski definition) is 1. The van der Waals surface area contributed by atoms with Crippen LogP contribution in [0.25, 0.3) is 6.08 Å². The lowest BCUT2D eigenvalue weighted by Crippen LogP contribution is -2.29. The molecule has 2 amide bonds. The summed E-state index contributed by atoms with van der Waals surface area (Å²) in [4.78, 5) is 37.4. The minimum Gasteiger partial charge on any atom is -0.320 e. The summed E-state index contributed by atoms with van der Waals surface area (Å²) in [6, 6.07) is 13.2. The third-order valence-electron chi connectivity index (χ3n) is 4.70. The van der Waals surface area contributed by atoms with Crippen molar-refractivity contribution in [1.82, 2.24) is 4.90 Å². The number of thiocarbonyl (C=S) groups is 1. The standard InChI is InChI=1S/C22H20ClN3O4S2/c23-16-11-9-15(10-12-16)14-19-21(28)25(22(31)32-19)13-5-1-2-8-20(27)24-17-6-3-4-7-18(17)26(29)30/h3-4,6-7,9-12,14H,1-2,5,8,13H2,(H,24,27). The predicted molar refractivity (Wildman–Crippen MR) is 132 cm³/mol. The van der Waals surface area contributed by atoms with Gasteiger partial charge in [-0.3, -0.25) is 24.6 Å². The minimum absolute atomic E-state index is 0.121. The monoisotopic (exact) mass is 489 g/mol. The van der Waals surface area contributed by atoms with E-state index in [0.717, 1.165) is 12.0 Å². The number of rotatable bonds is 9. The maximum Gasteiger partial charge on any atom is 0.292 e. The van der Waals surface area contributed by atoms with Crippen LogP contribution in [0.5, 0.6) is 0 Å². The Morgan fingerprint density at radius 1 is 1.16 bits per heavy atom. The summed E-state index contributed by atoms with van der Waals surface area (Å²) in [6.07, 6.45) is 4.04. The average molecular weight is 490 g/mol. The van der Waals surface area contributed by atoms with Crippen molar-refractivity contribution in [2.45, 2.75) is 25.7 Å². The van der Waals surface area contributed by atoms with E-state index in [1.54, 1.807) is 35.2 Å². The Hall–Kier alpha value is -2.75. The van der Waals surface area contributed by atoms with Gasteiger partial charge in [-0.1, -0.05) is 66.3 Å². The number of carbonyl (C=O) groups is 2. The normalized spacial score (nSPS) is 14.8. The summed E-state index contributed by atoms with van der Waals surface area (Å²) in [5, 5.41) is 14.2. The van der Waals surface area contributed by atoms with Crippen LogP contribution < -0.4 is 5.32 Å². The van der Waals surface area contributed by atoms with Crippen LogP contribution in [-0.4, -0.2) is 32.5 Å². The van der Waals surface area contributed by atoms with Crippen LogP contribution in [0, 0.1) is 10.1 Å². The molecule has 0 spiro atoms. The molecule has 0 atom stereocenters. The molecule has 0 bridgehead atoms. The molecule has 1 N–H and O–H groups in total. The first kappa shape index (κ1) is 23.9. The second-order valence-corrected chi connectivity index (χ2v) is 9.13. The van der Waals surface area contributed by atoms with E-state index < -0.39 is 4.92 Å². The number of nitrogens with one attached hydrogen (secondary N) is 1. The van der Waals surface area contributed by atoms with Crippen molar-refractivity contribution in [2.75, 3.05) is 11.9 Å². The predicted octanol–water partition coefficient (Wildman–Crippen LogP) is 5.65. The van der Waals surface area contributed by atoms with Crippen LogP contribution in [0.3, 0.4) is 0 Å². The zero-order valence-corrected chi connectivity index (χ0v) is 19.3. The van der Waals surface area contributed by atoms with E-state index in [1.807, 2.05) is 12.1 Å². The lowest BCUT2D eigenvalue weighted by molar-refractivity contribution is -0.383. The van der Waals surface area contributed by atoms with E-state index in [9.17, 15) is 19.7 Å². The molecule has 2 aromatic carbocycles. The Labute approximate surface area is 200 Å². The summed E-state index contributed by atoms with van der Waals surface area (Å²) in [5.74, 6) is -0.403. The van der Waals surface area contributed by atoms with Crippen LogP contribution in [0.15, 0.2) is 53.4 Å². The molecule has 166 valence electrons. The van der Waals surface area contributed by atoms with Crippen molar-refractivity contribution < 1.29 is 14.5 Å². The van der Waals surface area contributed by atoms with Gasteiger partial charge in [-0.05, 0) is 42.7 Å². The van der Waals surface area contributed by atoms with Gasteiger partial charge in [0.1, 0.15) is 10.0 Å². The molecular formula is C22H20ClN3O4S2. The number of nitro benzene ring substituents is 1. The van der Waals surface area contributed by atoms with Gasteiger partial charge in [-0.15, -0.1) is 0 Å². The highest BCUT2D eigenvalue weighted by Gasteiger charge is 2.31. The SMILES string of the molecule is O=C(CCCCCN1C(=O)C(=Cc2ccc(Cl)cc2)SC1=S)Nc1ccccc1[N+](=O)[O-]. The molecule has 32 heavy (non-hydrogen) atoms. The average Bonchev–Trinajstić information content (AvgIpc) is 3.02. The molecule has 0 aliphatic carbocycles. The first-order chi connectivity index (χ1) is 15.3. The number of thioether (sulfide) groups is 1. The maximum atomic E-state index is 12.7. The highest BCUT2D eigenvalue weighted by molar-refractivity contribution is 8.26. The number of nitrogens with zero attached hydrogens (tertiary/aromatic N) is 2. The van der Waals surface area contributed by atoms with Crippen molar-refractivity contribution in [2.24, 2.45) is 0 Å². The van der Waals surface area contributed by atoms with Crippen LogP contribution >= 0.6 is 35.6 Å². The van der Waals surface area contributed by atoms with E-state index >= 15 is 0 Å². The highest BCUT2D eigenvalue weighted by Crippen LogP contribution is 2.33. The van der Waals surface area contributed by atoms with Crippen molar-refractivity contribution >= 4 is 69.2 Å². The highest BCUT2D eigenvalue weighted by atomic mass is 35.5. The number of carbonyl (C=O) groups excluding carboxylic acids is 2. The molecule has 1 heterocycles. The number of benzene rings is 2. The van der Waals surface area contributed by atoms with E-state index in [1.165, 1.54) is 23.9 Å². The topological polar surface area (TPSA) is 92.6 Å². The number of anilines is 1. The summed E-state index contributed by atoms with van der Waals surface area (Å²) in [7, 11) is 0. The quantitative estimate of drug-likeness (QED) is 0.161. The van der Waals surface area contributed by atoms with Crippen LogP contribution in [0.2, 0.25) is 5.02 Å². The number of para-hydroxylation sites is 2. The van der Waals surface area contributed by atoms with Crippen molar-refractivity contribution in [3.8, 4) is 0 Å². The molecule has 7 nitrogen and oxygen atoms in total. The molecule has 3 rings (SSSR count). The fourth-order valence-electron chi connectivity index (χ4n) is 3.09. The third kappa shape index (κ3) is 6.38. The summed E-state index contributed by atoms with van der Waals surface area (Å²) in [5.41, 5.74) is 0.925. The lowest BCUT2D eigenvalue weighted by atomic mass is 10.1. The molecule has 10 heteroatoms. The van der Waals surface area contributed by atoms with Gasteiger partial charge in [0.15, 0.2) is 0 Å². The Balaban J connectivity index is 1.43. The first-order valence-corrected chi connectivity index (χ1v) is 11.5. The van der Waals surface area contributed by atoms with Gasteiger partial charge >= 0.3 is 0 Å². The molecule has 0 aromatic heterocycles. The van der Waals surface area contributed by atoms with Gasteiger partial charge in [-0.2, -0.15) is 0 Å². The molecule has 0 radical (unpaired) electrons. The lowest BCUT2D eigenvalue weighted by Gasteiger charge is -2.14. The zero-order valence-electron chi connectivity index (χ0n) is 17.0. The Kier molecular flexibility index (Phi) is 8.38. The van der Waals surface area contributed by atoms with E-state index in [4.69, 9.17) is 23.8 Å². The number of halogens is 1. The Morgan fingerprint density at radius 2 is 1.88 bits per heavy atom. The largest absolute Gasteiger partial charge is 0.320 e. The molecule has 2 aromatic rings. The van der Waals surface area contributed by atoms with Gasteiger partial charge < -0.3 is 5.32 Å². The summed E-state index contributed by atoms with van der Waals surface area (Å²) < 4.78 is 0.518. The van der Waals surface area contributed by atoms with Gasteiger partial charge in [-0.25, -0.2) is 0 Å². The third-order valence-corrected chi connectivity index (χ3v) is 6.33. The molecule has 0 saturated carbocycles. The summed E-state index contributed by atoms with van der Waals surface area (Å²) >= 11 is 12.5. The zero-order chi connectivity index (χ0) is 23.1. The molecule has 0 unspecified atom stereocenters. The van der Waals surface area contributed by atoms with Gasteiger partial charge in [0.05, 0.1) is 9.83 Å². The van der Waals surface area contributed by atoms with Crippen LogP contribution in [-0.2, 0) is 9.59 Å². The van der Waals surface area contributed by atoms with Gasteiger partial charge in [0.2, 0.25) is 5.91 Å².